The van der Waals surface area contributed by atoms with Crippen LogP contribution in [0.3, 0.4) is 0 Å². The van der Waals surface area contributed by atoms with E-state index in [1.54, 1.807) is 24.3 Å². The fourth-order valence-electron chi connectivity index (χ4n) is 3.52. The van der Waals surface area contributed by atoms with Crippen molar-refractivity contribution in [3.05, 3.63) is 75.8 Å². The number of carbonyl (C=O) groups excluding carboxylic acids is 2. The maximum Gasteiger partial charge on any atom is 0.360 e. The highest BCUT2D eigenvalue weighted by molar-refractivity contribution is 6.12. The number of para-hydroxylation sites is 1. The third-order valence-electron chi connectivity index (χ3n) is 4.94. The molecule has 0 aliphatic heterocycles. The predicted molar refractivity (Wildman–Crippen MR) is 109 cm³/mol. The highest BCUT2D eigenvalue weighted by atomic mass is 16.5. The molecule has 0 aliphatic carbocycles. The molecular formula is C22H19N3O4. The van der Waals surface area contributed by atoms with Gasteiger partial charge in [0.2, 0.25) is 5.78 Å². The quantitative estimate of drug-likeness (QED) is 0.427. The topological polar surface area (TPSA) is 94.1 Å². The standard InChI is InChI=1S/C22H19N3O4/c1-12-18(16-10-6-7-11-17(16)23-12)20(26)13(2)29-22(28)19-14-8-4-5-9-15(14)21(27)25(3)24-19/h4-11,13,23H,1-3H3/t13-/m1/s1. The summed E-state index contributed by atoms with van der Waals surface area (Å²) in [6, 6.07) is 14.2. The summed E-state index contributed by atoms with van der Waals surface area (Å²) in [6.07, 6.45) is -1.02. The van der Waals surface area contributed by atoms with Gasteiger partial charge in [-0.3, -0.25) is 9.59 Å². The lowest BCUT2D eigenvalue weighted by atomic mass is 10.0. The van der Waals surface area contributed by atoms with E-state index in [1.165, 1.54) is 14.0 Å². The Morgan fingerprint density at radius 1 is 1.03 bits per heavy atom. The van der Waals surface area contributed by atoms with Crippen LogP contribution in [-0.2, 0) is 11.8 Å². The third kappa shape index (κ3) is 3.10. The van der Waals surface area contributed by atoms with Crippen molar-refractivity contribution in [2.75, 3.05) is 0 Å². The van der Waals surface area contributed by atoms with Crippen LogP contribution in [0.15, 0.2) is 53.3 Å². The van der Waals surface area contributed by atoms with Crippen LogP contribution in [0, 0.1) is 6.92 Å². The van der Waals surface area contributed by atoms with Gasteiger partial charge in [0, 0.05) is 34.6 Å². The molecule has 0 bridgehead atoms. The van der Waals surface area contributed by atoms with E-state index in [2.05, 4.69) is 10.1 Å². The molecule has 29 heavy (non-hydrogen) atoms. The number of nitrogens with zero attached hydrogens (tertiary/aromatic N) is 2. The minimum Gasteiger partial charge on any atom is -0.449 e. The highest BCUT2D eigenvalue weighted by Gasteiger charge is 2.26. The molecular weight excluding hydrogens is 370 g/mol. The predicted octanol–water partition coefficient (Wildman–Crippen LogP) is 3.15. The number of aromatic amines is 1. The highest BCUT2D eigenvalue weighted by Crippen LogP contribution is 2.24. The lowest BCUT2D eigenvalue weighted by molar-refractivity contribution is 0.0313. The molecule has 0 aliphatic rings. The molecule has 146 valence electrons. The SMILES string of the molecule is Cc1[nH]c2ccccc2c1C(=O)[C@@H](C)OC(=O)c1nn(C)c(=O)c2ccccc12. The van der Waals surface area contributed by atoms with Gasteiger partial charge in [-0.05, 0) is 26.0 Å². The number of hydrogen-bond acceptors (Lipinski definition) is 5. The lowest BCUT2D eigenvalue weighted by Crippen LogP contribution is -2.28. The first-order chi connectivity index (χ1) is 13.9. The Balaban J connectivity index is 1.68. The molecule has 0 amide bonds. The number of ether oxygens (including phenoxy) is 1. The lowest BCUT2D eigenvalue weighted by Gasteiger charge is -2.13. The minimum absolute atomic E-state index is 0.00185. The summed E-state index contributed by atoms with van der Waals surface area (Å²) in [5, 5.41) is 5.59. The molecule has 0 saturated heterocycles. The van der Waals surface area contributed by atoms with E-state index in [9.17, 15) is 14.4 Å². The number of fused-ring (bicyclic) bond motifs is 2. The normalized spacial score (nSPS) is 12.2. The van der Waals surface area contributed by atoms with E-state index >= 15 is 0 Å². The molecule has 0 saturated carbocycles. The molecule has 0 radical (unpaired) electrons. The van der Waals surface area contributed by atoms with E-state index < -0.39 is 12.1 Å². The second-order valence-electron chi connectivity index (χ2n) is 6.91. The van der Waals surface area contributed by atoms with E-state index in [0.717, 1.165) is 15.6 Å². The molecule has 2 aromatic heterocycles. The molecule has 0 spiro atoms. The number of esters is 1. The molecule has 2 heterocycles. The number of rotatable bonds is 4. The summed E-state index contributed by atoms with van der Waals surface area (Å²) in [7, 11) is 1.47. The Bertz CT molecular complexity index is 1330. The zero-order chi connectivity index (χ0) is 20.7. The first-order valence-electron chi connectivity index (χ1n) is 9.17. The van der Waals surface area contributed by atoms with Crippen LogP contribution in [-0.4, -0.2) is 32.6 Å². The number of carbonyl (C=O) groups is 2. The number of nitrogens with one attached hydrogen (secondary N) is 1. The fraction of sp³-hybridized carbons (Fsp3) is 0.182. The van der Waals surface area contributed by atoms with Crippen molar-refractivity contribution in [1.82, 2.24) is 14.8 Å². The van der Waals surface area contributed by atoms with Crippen molar-refractivity contribution < 1.29 is 14.3 Å². The molecule has 4 rings (SSSR count). The van der Waals surface area contributed by atoms with Crippen molar-refractivity contribution >= 4 is 33.4 Å². The summed E-state index contributed by atoms with van der Waals surface area (Å²) in [5.41, 5.74) is 1.75. The van der Waals surface area contributed by atoms with Crippen molar-refractivity contribution in [3.63, 3.8) is 0 Å². The van der Waals surface area contributed by atoms with Crippen LogP contribution in [0.5, 0.6) is 0 Å². The van der Waals surface area contributed by atoms with Crippen LogP contribution < -0.4 is 5.56 Å². The van der Waals surface area contributed by atoms with Gasteiger partial charge in [0.1, 0.15) is 0 Å². The fourth-order valence-corrected chi connectivity index (χ4v) is 3.52. The van der Waals surface area contributed by atoms with Crippen LogP contribution in [0.1, 0.15) is 33.5 Å². The molecule has 7 nitrogen and oxygen atoms in total. The number of hydrogen-bond donors (Lipinski definition) is 1. The Kier molecular flexibility index (Phi) is 4.50. The van der Waals surface area contributed by atoms with Crippen molar-refractivity contribution in [3.8, 4) is 0 Å². The number of benzene rings is 2. The first-order valence-corrected chi connectivity index (χ1v) is 9.17. The number of aromatic nitrogens is 3. The van der Waals surface area contributed by atoms with Gasteiger partial charge in [-0.2, -0.15) is 5.10 Å². The van der Waals surface area contributed by atoms with Crippen molar-refractivity contribution in [2.45, 2.75) is 20.0 Å². The summed E-state index contributed by atoms with van der Waals surface area (Å²) in [4.78, 5) is 41.2. The number of Topliss-reactive ketones (excluding diaryl/α,β-unsaturated/α-hetero) is 1. The second kappa shape index (κ2) is 7.01. The van der Waals surface area contributed by atoms with E-state index in [1.807, 2.05) is 31.2 Å². The van der Waals surface area contributed by atoms with Crippen LogP contribution in [0.2, 0.25) is 0 Å². The molecule has 0 fully saturated rings. The maximum atomic E-state index is 13.0. The van der Waals surface area contributed by atoms with Crippen LogP contribution in [0.4, 0.5) is 0 Å². The van der Waals surface area contributed by atoms with Gasteiger partial charge in [0.25, 0.3) is 5.56 Å². The largest absolute Gasteiger partial charge is 0.449 e. The van der Waals surface area contributed by atoms with Gasteiger partial charge in [-0.15, -0.1) is 0 Å². The van der Waals surface area contributed by atoms with Gasteiger partial charge in [-0.25, -0.2) is 9.48 Å². The molecule has 2 aromatic carbocycles. The number of ketones is 1. The summed E-state index contributed by atoms with van der Waals surface area (Å²) in [6.45, 7) is 3.34. The van der Waals surface area contributed by atoms with Gasteiger partial charge in [0.05, 0.1) is 5.39 Å². The third-order valence-corrected chi connectivity index (χ3v) is 4.94. The average Bonchev–Trinajstić information content (AvgIpc) is 3.05. The molecule has 0 unspecified atom stereocenters. The summed E-state index contributed by atoms with van der Waals surface area (Å²) in [5.74, 6) is -1.06. The second-order valence-corrected chi connectivity index (χ2v) is 6.91. The maximum absolute atomic E-state index is 13.0. The molecule has 1 atom stereocenters. The Morgan fingerprint density at radius 3 is 2.38 bits per heavy atom. The molecule has 4 aromatic rings. The smallest absolute Gasteiger partial charge is 0.360 e. The zero-order valence-corrected chi connectivity index (χ0v) is 16.2. The number of aryl methyl sites for hydroxylation is 2. The van der Waals surface area contributed by atoms with E-state index in [0.29, 0.717) is 22.0 Å². The van der Waals surface area contributed by atoms with Crippen LogP contribution >= 0.6 is 0 Å². The molecule has 1 N–H and O–H groups in total. The zero-order valence-electron chi connectivity index (χ0n) is 16.2. The van der Waals surface area contributed by atoms with Gasteiger partial charge < -0.3 is 9.72 Å². The molecule has 7 heteroatoms. The Labute approximate surface area is 165 Å². The van der Waals surface area contributed by atoms with Crippen molar-refractivity contribution in [2.24, 2.45) is 7.05 Å². The number of H-pyrrole nitrogens is 1. The Hall–Kier alpha value is -3.74. The van der Waals surface area contributed by atoms with E-state index in [4.69, 9.17) is 4.74 Å². The summed E-state index contributed by atoms with van der Waals surface area (Å²) >= 11 is 0. The van der Waals surface area contributed by atoms with Gasteiger partial charge in [0.15, 0.2) is 11.8 Å². The van der Waals surface area contributed by atoms with Crippen LogP contribution in [0.25, 0.3) is 21.7 Å². The monoisotopic (exact) mass is 389 g/mol. The summed E-state index contributed by atoms with van der Waals surface area (Å²) < 4.78 is 6.54. The minimum atomic E-state index is -1.02. The first kappa shape index (κ1) is 18.6. The average molecular weight is 389 g/mol. The van der Waals surface area contributed by atoms with Gasteiger partial charge in [-0.1, -0.05) is 36.4 Å². The van der Waals surface area contributed by atoms with E-state index in [-0.39, 0.29) is 17.0 Å². The van der Waals surface area contributed by atoms with Gasteiger partial charge >= 0.3 is 5.97 Å². The van der Waals surface area contributed by atoms with Crippen molar-refractivity contribution in [1.29, 1.82) is 0 Å². The Morgan fingerprint density at radius 2 is 1.66 bits per heavy atom.